The molecule has 1 aromatic heterocycles. The maximum atomic E-state index is 11.7. The molecule has 1 aromatic rings. The zero-order valence-corrected chi connectivity index (χ0v) is 11.5. The Balaban J connectivity index is 2.17. The van der Waals surface area contributed by atoms with Gasteiger partial charge in [0.05, 0.1) is 6.33 Å². The summed E-state index contributed by atoms with van der Waals surface area (Å²) in [6.45, 7) is 7.73. The van der Waals surface area contributed by atoms with Gasteiger partial charge in [-0.25, -0.2) is 4.98 Å². The van der Waals surface area contributed by atoms with Gasteiger partial charge in [-0.05, 0) is 11.8 Å². The maximum absolute atomic E-state index is 11.7. The normalized spacial score (nSPS) is 13.3. The molecule has 1 heterocycles. The molecule has 1 rings (SSSR count). The number of nitrogens with two attached hydrogens (primary N) is 1. The summed E-state index contributed by atoms with van der Waals surface area (Å²) in [5.74, 6) is 0.0202. The summed E-state index contributed by atoms with van der Waals surface area (Å²) in [7, 11) is 0. The molecule has 18 heavy (non-hydrogen) atoms. The van der Waals surface area contributed by atoms with Crippen molar-refractivity contribution in [2.45, 2.75) is 46.2 Å². The van der Waals surface area contributed by atoms with E-state index in [-0.39, 0.29) is 17.4 Å². The molecule has 0 aliphatic carbocycles. The highest BCUT2D eigenvalue weighted by atomic mass is 16.1. The van der Waals surface area contributed by atoms with Gasteiger partial charge in [0.1, 0.15) is 0 Å². The summed E-state index contributed by atoms with van der Waals surface area (Å²) in [6.07, 6.45) is 6.57. The molecule has 1 unspecified atom stereocenters. The van der Waals surface area contributed by atoms with Crippen molar-refractivity contribution in [3.05, 3.63) is 18.7 Å². The predicted molar refractivity (Wildman–Crippen MR) is 71.9 cm³/mol. The number of carbonyl (C=O) groups excluding carboxylic acids is 1. The molecule has 5 heteroatoms. The lowest BCUT2D eigenvalue weighted by Crippen LogP contribution is -2.35. The largest absolute Gasteiger partial charge is 0.354 e. The number of aromatic nitrogens is 2. The van der Waals surface area contributed by atoms with Gasteiger partial charge >= 0.3 is 0 Å². The van der Waals surface area contributed by atoms with E-state index in [1.165, 1.54) is 0 Å². The number of nitrogens with zero attached hydrogens (tertiary/aromatic N) is 2. The van der Waals surface area contributed by atoms with Crippen molar-refractivity contribution in [2.24, 2.45) is 11.1 Å². The molecule has 0 aliphatic heterocycles. The van der Waals surface area contributed by atoms with Gasteiger partial charge in [-0.2, -0.15) is 0 Å². The molecule has 0 radical (unpaired) electrons. The average Bonchev–Trinajstić information content (AvgIpc) is 2.66. The average molecular weight is 252 g/mol. The number of carbonyl (C=O) groups is 1. The highest BCUT2D eigenvalue weighted by Gasteiger charge is 2.17. The molecular weight excluding hydrogens is 228 g/mol. The third-order valence-electron chi connectivity index (χ3n) is 2.57. The van der Waals surface area contributed by atoms with Crippen LogP contribution in [-0.4, -0.2) is 28.0 Å². The molecule has 0 fully saturated rings. The molecular formula is C13H24N4O. The van der Waals surface area contributed by atoms with Crippen molar-refractivity contribution in [2.75, 3.05) is 6.54 Å². The first-order chi connectivity index (χ1) is 8.37. The van der Waals surface area contributed by atoms with Crippen molar-refractivity contribution >= 4 is 5.91 Å². The lowest BCUT2D eigenvalue weighted by molar-refractivity contribution is -0.121. The van der Waals surface area contributed by atoms with Crippen LogP contribution in [0.3, 0.4) is 0 Å². The molecule has 0 saturated heterocycles. The molecule has 0 aromatic carbocycles. The Morgan fingerprint density at radius 1 is 1.50 bits per heavy atom. The van der Waals surface area contributed by atoms with Gasteiger partial charge in [-0.3, -0.25) is 4.79 Å². The molecule has 102 valence electrons. The van der Waals surface area contributed by atoms with E-state index in [9.17, 15) is 4.79 Å². The van der Waals surface area contributed by atoms with Crippen molar-refractivity contribution in [1.82, 2.24) is 14.9 Å². The van der Waals surface area contributed by atoms with E-state index >= 15 is 0 Å². The van der Waals surface area contributed by atoms with Crippen LogP contribution in [0.2, 0.25) is 0 Å². The highest BCUT2D eigenvalue weighted by Crippen LogP contribution is 2.20. The van der Waals surface area contributed by atoms with Gasteiger partial charge in [-0.1, -0.05) is 20.8 Å². The van der Waals surface area contributed by atoms with Crippen LogP contribution >= 0.6 is 0 Å². The smallest absolute Gasteiger partial charge is 0.221 e. The molecule has 0 aliphatic rings. The first-order valence-electron chi connectivity index (χ1n) is 6.35. The summed E-state index contributed by atoms with van der Waals surface area (Å²) in [5.41, 5.74) is 6.11. The number of hydrogen-bond acceptors (Lipinski definition) is 3. The summed E-state index contributed by atoms with van der Waals surface area (Å²) < 4.78 is 1.93. The second-order valence-corrected chi connectivity index (χ2v) is 5.88. The van der Waals surface area contributed by atoms with Crippen LogP contribution in [0.15, 0.2) is 18.7 Å². The van der Waals surface area contributed by atoms with Crippen molar-refractivity contribution in [3.63, 3.8) is 0 Å². The fraction of sp³-hybridized carbons (Fsp3) is 0.692. The van der Waals surface area contributed by atoms with Gasteiger partial charge in [-0.15, -0.1) is 0 Å². The second kappa shape index (κ2) is 6.54. The Hall–Kier alpha value is -1.36. The number of hydrogen-bond donors (Lipinski definition) is 2. The van der Waals surface area contributed by atoms with E-state index in [1.807, 2.05) is 10.8 Å². The minimum Gasteiger partial charge on any atom is -0.354 e. The van der Waals surface area contributed by atoms with E-state index in [4.69, 9.17) is 5.73 Å². The number of amides is 1. The topological polar surface area (TPSA) is 72.9 Å². The van der Waals surface area contributed by atoms with Gasteiger partial charge in [0.25, 0.3) is 0 Å². The minimum absolute atomic E-state index is 0.0202. The lowest BCUT2D eigenvalue weighted by atomic mass is 9.87. The Bertz CT molecular complexity index is 354. The molecule has 0 bridgehead atoms. The third-order valence-corrected chi connectivity index (χ3v) is 2.57. The number of imidazole rings is 1. The summed E-state index contributed by atoms with van der Waals surface area (Å²) in [6, 6.07) is -0.0711. The zero-order valence-electron chi connectivity index (χ0n) is 11.5. The highest BCUT2D eigenvalue weighted by molar-refractivity contribution is 5.76. The van der Waals surface area contributed by atoms with Crippen LogP contribution in [0.4, 0.5) is 0 Å². The summed E-state index contributed by atoms with van der Waals surface area (Å²) in [4.78, 5) is 15.6. The van der Waals surface area contributed by atoms with E-state index in [0.29, 0.717) is 13.0 Å². The van der Waals surface area contributed by atoms with Crippen LogP contribution in [0.25, 0.3) is 0 Å². The van der Waals surface area contributed by atoms with Gasteiger partial charge in [0, 0.05) is 37.9 Å². The monoisotopic (exact) mass is 252 g/mol. The fourth-order valence-electron chi connectivity index (χ4n) is 1.91. The molecule has 0 saturated carbocycles. The van der Waals surface area contributed by atoms with Gasteiger partial charge in [0.2, 0.25) is 5.91 Å². The predicted octanol–water partition coefficient (Wildman–Crippen LogP) is 1.15. The third kappa shape index (κ3) is 6.39. The molecule has 3 N–H and O–H groups in total. The van der Waals surface area contributed by atoms with Crippen molar-refractivity contribution in [1.29, 1.82) is 0 Å². The van der Waals surface area contributed by atoms with Crippen LogP contribution in [0.1, 0.15) is 33.6 Å². The first-order valence-corrected chi connectivity index (χ1v) is 6.35. The van der Waals surface area contributed by atoms with Crippen LogP contribution in [0.5, 0.6) is 0 Å². The Labute approximate surface area is 109 Å². The van der Waals surface area contributed by atoms with Crippen molar-refractivity contribution in [3.8, 4) is 0 Å². The second-order valence-electron chi connectivity index (χ2n) is 5.88. The summed E-state index contributed by atoms with van der Waals surface area (Å²) >= 11 is 0. The molecule has 0 spiro atoms. The fourth-order valence-corrected chi connectivity index (χ4v) is 1.91. The van der Waals surface area contributed by atoms with E-state index in [0.717, 1.165) is 13.0 Å². The standard InChI is InChI=1S/C13H24N4O/c1-13(2,3)9-11(14)8-12(18)16-5-7-17-6-4-15-10-17/h4,6,10-11H,5,7-9,14H2,1-3H3,(H,16,18). The quantitative estimate of drug-likeness (QED) is 0.797. The summed E-state index contributed by atoms with van der Waals surface area (Å²) in [5, 5.41) is 2.87. The molecule has 5 nitrogen and oxygen atoms in total. The van der Waals surface area contributed by atoms with E-state index < -0.39 is 0 Å². The maximum Gasteiger partial charge on any atom is 0.221 e. The minimum atomic E-state index is -0.0711. The zero-order chi connectivity index (χ0) is 13.6. The molecule has 1 atom stereocenters. The number of nitrogens with one attached hydrogen (secondary N) is 1. The molecule has 1 amide bonds. The Morgan fingerprint density at radius 2 is 2.22 bits per heavy atom. The SMILES string of the molecule is CC(C)(C)CC(N)CC(=O)NCCn1ccnc1. The van der Waals surface area contributed by atoms with Crippen LogP contribution < -0.4 is 11.1 Å². The van der Waals surface area contributed by atoms with E-state index in [1.54, 1.807) is 12.5 Å². The van der Waals surface area contributed by atoms with Gasteiger partial charge in [0.15, 0.2) is 0 Å². The van der Waals surface area contributed by atoms with Crippen molar-refractivity contribution < 1.29 is 4.79 Å². The van der Waals surface area contributed by atoms with E-state index in [2.05, 4.69) is 31.1 Å². The van der Waals surface area contributed by atoms with Gasteiger partial charge < -0.3 is 15.6 Å². The Kier molecular flexibility index (Phi) is 5.34. The Morgan fingerprint density at radius 3 is 2.78 bits per heavy atom. The number of rotatable bonds is 6. The van der Waals surface area contributed by atoms with Crippen LogP contribution in [-0.2, 0) is 11.3 Å². The lowest BCUT2D eigenvalue weighted by Gasteiger charge is -2.22. The van der Waals surface area contributed by atoms with Crippen LogP contribution in [0, 0.1) is 5.41 Å². The first kappa shape index (κ1) is 14.7.